The lowest BCUT2D eigenvalue weighted by Gasteiger charge is -2.14. The van der Waals surface area contributed by atoms with Crippen molar-refractivity contribution in [3.63, 3.8) is 0 Å². The van der Waals surface area contributed by atoms with Gasteiger partial charge in [-0.25, -0.2) is 5.01 Å². The Kier molecular flexibility index (Phi) is 2.33. The zero-order valence-electron chi connectivity index (χ0n) is 8.30. The second-order valence-electron chi connectivity index (χ2n) is 3.28. The van der Waals surface area contributed by atoms with Crippen molar-refractivity contribution in [2.45, 2.75) is 13.3 Å². The lowest BCUT2D eigenvalue weighted by atomic mass is 10.1. The van der Waals surface area contributed by atoms with Gasteiger partial charge in [0.1, 0.15) is 0 Å². The fourth-order valence-corrected chi connectivity index (χ4v) is 1.50. The molecule has 2 rings (SSSR count). The molecule has 1 aromatic rings. The number of hydrogen-bond acceptors (Lipinski definition) is 3. The number of Topliss-reactive ketones (excluding diaryl/α,β-unsaturated/α-hetero) is 1. The number of anilines is 1. The number of amides is 1. The molecule has 1 aliphatic rings. The molecule has 4 nitrogen and oxygen atoms in total. The maximum Gasteiger partial charge on any atom is 0.252 e. The van der Waals surface area contributed by atoms with E-state index in [2.05, 4.69) is 5.10 Å². The van der Waals surface area contributed by atoms with Crippen LogP contribution in [0.15, 0.2) is 29.4 Å². The predicted molar refractivity (Wildman–Crippen MR) is 57.0 cm³/mol. The van der Waals surface area contributed by atoms with E-state index in [1.54, 1.807) is 30.5 Å². The van der Waals surface area contributed by atoms with E-state index in [9.17, 15) is 9.59 Å². The van der Waals surface area contributed by atoms with Gasteiger partial charge < -0.3 is 0 Å². The Morgan fingerprint density at radius 2 is 2.13 bits per heavy atom. The Morgan fingerprint density at radius 3 is 2.73 bits per heavy atom. The van der Waals surface area contributed by atoms with Crippen molar-refractivity contribution < 1.29 is 9.59 Å². The van der Waals surface area contributed by atoms with Gasteiger partial charge in [-0.05, 0) is 19.1 Å². The Morgan fingerprint density at radius 1 is 1.40 bits per heavy atom. The first-order valence-corrected chi connectivity index (χ1v) is 4.65. The zero-order valence-corrected chi connectivity index (χ0v) is 8.30. The minimum absolute atomic E-state index is 0.0690. The molecule has 1 aromatic carbocycles. The van der Waals surface area contributed by atoms with Crippen LogP contribution in [0, 0.1) is 0 Å². The van der Waals surface area contributed by atoms with Gasteiger partial charge in [-0.1, -0.05) is 12.1 Å². The van der Waals surface area contributed by atoms with Crippen molar-refractivity contribution >= 4 is 23.6 Å². The molecule has 0 aromatic heterocycles. The lowest BCUT2D eigenvalue weighted by Crippen LogP contribution is -2.21. The molecule has 0 fully saturated rings. The van der Waals surface area contributed by atoms with E-state index >= 15 is 0 Å². The van der Waals surface area contributed by atoms with Crippen LogP contribution in [0.25, 0.3) is 0 Å². The van der Waals surface area contributed by atoms with Gasteiger partial charge in [-0.2, -0.15) is 5.10 Å². The predicted octanol–water partition coefficient (Wildman–Crippen LogP) is 1.61. The Bertz CT molecular complexity index is 452. The third-order valence-corrected chi connectivity index (χ3v) is 2.21. The standard InChI is InChI=1S/C11H10N2O2/c1-8(14)9-4-2-3-5-10(9)13-11(15)6-7-12-13/h2-5,7H,6H2,1H3. The van der Waals surface area contributed by atoms with Crippen LogP contribution in [-0.4, -0.2) is 17.9 Å². The first-order chi connectivity index (χ1) is 7.20. The first-order valence-electron chi connectivity index (χ1n) is 4.65. The van der Waals surface area contributed by atoms with Gasteiger partial charge in [0.05, 0.1) is 12.1 Å². The van der Waals surface area contributed by atoms with Crippen LogP contribution < -0.4 is 5.01 Å². The molecule has 0 saturated carbocycles. The molecule has 0 N–H and O–H groups in total. The van der Waals surface area contributed by atoms with Crippen molar-refractivity contribution in [1.29, 1.82) is 0 Å². The van der Waals surface area contributed by atoms with Gasteiger partial charge in [0.2, 0.25) is 0 Å². The molecule has 1 aliphatic heterocycles. The number of nitrogens with zero attached hydrogens (tertiary/aromatic N) is 2. The van der Waals surface area contributed by atoms with Gasteiger partial charge in [-0.15, -0.1) is 0 Å². The van der Waals surface area contributed by atoms with Gasteiger partial charge in [0.25, 0.3) is 5.91 Å². The molecule has 0 atom stereocenters. The Balaban J connectivity index is 2.47. The summed E-state index contributed by atoms with van der Waals surface area (Å²) >= 11 is 0. The quantitative estimate of drug-likeness (QED) is 0.684. The average molecular weight is 202 g/mol. The van der Waals surface area contributed by atoms with Crippen molar-refractivity contribution in [2.75, 3.05) is 5.01 Å². The minimum Gasteiger partial charge on any atom is -0.294 e. The second kappa shape index (κ2) is 3.65. The Hall–Kier alpha value is -1.97. The minimum atomic E-state index is -0.108. The fraction of sp³-hybridized carbons (Fsp3) is 0.182. The van der Waals surface area contributed by atoms with Gasteiger partial charge >= 0.3 is 0 Å². The number of rotatable bonds is 2. The monoisotopic (exact) mass is 202 g/mol. The first kappa shape index (κ1) is 9.58. The number of benzene rings is 1. The number of carbonyl (C=O) groups is 2. The third kappa shape index (κ3) is 1.66. The molecule has 15 heavy (non-hydrogen) atoms. The van der Waals surface area contributed by atoms with E-state index in [-0.39, 0.29) is 11.7 Å². The maximum absolute atomic E-state index is 11.4. The van der Waals surface area contributed by atoms with Gasteiger partial charge in [0.15, 0.2) is 5.78 Å². The van der Waals surface area contributed by atoms with Gasteiger partial charge in [-0.3, -0.25) is 9.59 Å². The fourth-order valence-electron chi connectivity index (χ4n) is 1.50. The zero-order chi connectivity index (χ0) is 10.8. The number of carbonyl (C=O) groups excluding carboxylic acids is 2. The SMILES string of the molecule is CC(=O)c1ccccc1N1N=CCC1=O. The summed E-state index contributed by atoms with van der Waals surface area (Å²) in [6.45, 7) is 1.48. The molecule has 0 saturated heterocycles. The van der Waals surface area contributed by atoms with Crippen molar-refractivity contribution in [3.05, 3.63) is 29.8 Å². The smallest absolute Gasteiger partial charge is 0.252 e. The summed E-state index contributed by atoms with van der Waals surface area (Å²) in [5, 5.41) is 5.21. The molecule has 4 heteroatoms. The molecule has 0 unspecified atom stereocenters. The molecule has 76 valence electrons. The summed E-state index contributed by atoms with van der Waals surface area (Å²) in [7, 11) is 0. The van der Waals surface area contributed by atoms with Crippen LogP contribution in [0.2, 0.25) is 0 Å². The van der Waals surface area contributed by atoms with Crippen LogP contribution in [0.3, 0.4) is 0 Å². The molecule has 0 aliphatic carbocycles. The van der Waals surface area contributed by atoms with Crippen molar-refractivity contribution in [3.8, 4) is 0 Å². The summed E-state index contributed by atoms with van der Waals surface area (Å²) in [5.41, 5.74) is 1.08. The maximum atomic E-state index is 11.4. The van der Waals surface area contributed by atoms with E-state index in [1.807, 2.05) is 0 Å². The van der Waals surface area contributed by atoms with Crippen LogP contribution in [0.1, 0.15) is 23.7 Å². The highest BCUT2D eigenvalue weighted by molar-refractivity contribution is 6.09. The van der Waals surface area contributed by atoms with Crippen LogP contribution in [-0.2, 0) is 4.79 Å². The summed E-state index contributed by atoms with van der Waals surface area (Å²) < 4.78 is 0. The summed E-state index contributed by atoms with van der Waals surface area (Å²) in [6.07, 6.45) is 1.84. The number of ketones is 1. The normalized spacial score (nSPS) is 14.7. The van der Waals surface area contributed by atoms with Crippen molar-refractivity contribution in [2.24, 2.45) is 5.10 Å². The summed E-state index contributed by atoms with van der Waals surface area (Å²) in [5.74, 6) is -0.177. The van der Waals surface area contributed by atoms with Crippen LogP contribution in [0.5, 0.6) is 0 Å². The number of hydrogen-bond donors (Lipinski definition) is 0. The summed E-state index contributed by atoms with van der Waals surface area (Å²) in [4.78, 5) is 22.8. The number of para-hydroxylation sites is 1. The molecule has 0 spiro atoms. The van der Waals surface area contributed by atoms with Gasteiger partial charge in [0, 0.05) is 11.8 Å². The lowest BCUT2D eigenvalue weighted by molar-refractivity contribution is -0.116. The molecular weight excluding hydrogens is 192 g/mol. The van der Waals surface area contributed by atoms with Crippen LogP contribution in [0.4, 0.5) is 5.69 Å². The highest BCUT2D eigenvalue weighted by Crippen LogP contribution is 2.23. The molecule has 1 heterocycles. The molecule has 1 amide bonds. The average Bonchev–Trinajstić information content (AvgIpc) is 2.64. The van der Waals surface area contributed by atoms with E-state index in [0.717, 1.165) is 0 Å². The third-order valence-electron chi connectivity index (χ3n) is 2.21. The molecule has 0 bridgehead atoms. The summed E-state index contributed by atoms with van der Waals surface area (Å²) in [6, 6.07) is 6.96. The second-order valence-corrected chi connectivity index (χ2v) is 3.28. The molecular formula is C11H10N2O2. The van der Waals surface area contributed by atoms with Crippen molar-refractivity contribution in [1.82, 2.24) is 0 Å². The van der Waals surface area contributed by atoms with E-state index in [1.165, 1.54) is 11.9 Å². The Labute approximate surface area is 87.2 Å². The molecule has 0 radical (unpaired) electrons. The topological polar surface area (TPSA) is 49.7 Å². The largest absolute Gasteiger partial charge is 0.294 e. The van der Waals surface area contributed by atoms with E-state index < -0.39 is 0 Å². The van der Waals surface area contributed by atoms with Crippen LogP contribution >= 0.6 is 0 Å². The van der Waals surface area contributed by atoms with E-state index in [4.69, 9.17) is 0 Å². The highest BCUT2D eigenvalue weighted by atomic mass is 16.2. The van der Waals surface area contributed by atoms with E-state index in [0.29, 0.717) is 17.7 Å². The number of hydrazone groups is 1. The highest BCUT2D eigenvalue weighted by Gasteiger charge is 2.22.